The maximum atomic E-state index is 11.9. The molecule has 0 atom stereocenters. The molecule has 48 valence electrons. The zero-order valence-corrected chi connectivity index (χ0v) is 4.41. The highest BCUT2D eigenvalue weighted by atomic mass is 19.1. The molecule has 1 rings (SSSR count). The normalized spacial score (nSPS) is 9.67. The maximum absolute atomic E-state index is 11.9. The van der Waals surface area contributed by atoms with E-state index in [0.717, 1.165) is 12.1 Å². The summed E-state index contributed by atoms with van der Waals surface area (Å²) in [5, 5.41) is 16.7. The molecule has 2 N–H and O–H groups in total. The Labute approximate surface area is 50.9 Å². The third-order valence-electron chi connectivity index (χ3n) is 0.848. The summed E-state index contributed by atoms with van der Waals surface area (Å²) in [6.07, 6.45) is 0. The number of furan rings is 1. The first-order valence-corrected chi connectivity index (χ1v) is 2.31. The smallest absolute Gasteiger partial charge is 0.440 e. The van der Waals surface area contributed by atoms with Gasteiger partial charge in [-0.25, -0.2) is 0 Å². The lowest BCUT2D eigenvalue weighted by molar-refractivity contribution is 0.352. The molecule has 1 heterocycles. The average Bonchev–Trinajstić information content (AvgIpc) is 2.14. The van der Waals surface area contributed by atoms with Gasteiger partial charge in [0.05, 0.1) is 0 Å². The van der Waals surface area contributed by atoms with Crippen LogP contribution in [0.2, 0.25) is 0 Å². The van der Waals surface area contributed by atoms with Crippen molar-refractivity contribution in [2.24, 2.45) is 0 Å². The average molecular weight is 130 g/mol. The molecule has 0 saturated carbocycles. The van der Waals surface area contributed by atoms with E-state index in [1.54, 1.807) is 0 Å². The van der Waals surface area contributed by atoms with Crippen LogP contribution in [0.3, 0.4) is 0 Å². The van der Waals surface area contributed by atoms with Crippen molar-refractivity contribution in [1.29, 1.82) is 0 Å². The molecule has 0 aliphatic carbocycles. The Morgan fingerprint density at radius 3 is 2.33 bits per heavy atom. The third kappa shape index (κ3) is 1.31. The standard InChI is InChI=1S/C4H4BFO3/c6-4-2-1-3(9-4)5(7)8/h1-2,7-8H. The molecule has 0 amide bonds. The van der Waals surface area contributed by atoms with Crippen molar-refractivity contribution in [3.63, 3.8) is 0 Å². The fourth-order valence-corrected chi connectivity index (χ4v) is 0.467. The largest absolute Gasteiger partial charge is 0.526 e. The molecule has 0 spiro atoms. The van der Waals surface area contributed by atoms with E-state index in [1.165, 1.54) is 0 Å². The van der Waals surface area contributed by atoms with E-state index in [9.17, 15) is 4.39 Å². The number of hydrogen-bond donors (Lipinski definition) is 2. The van der Waals surface area contributed by atoms with Gasteiger partial charge >= 0.3 is 7.12 Å². The summed E-state index contributed by atoms with van der Waals surface area (Å²) in [5.41, 5.74) is -0.187. The number of halogens is 1. The Kier molecular flexibility index (Phi) is 1.55. The predicted octanol–water partition coefficient (Wildman–Crippen LogP) is -0.902. The molecule has 0 aliphatic heterocycles. The van der Waals surface area contributed by atoms with Crippen molar-refractivity contribution in [1.82, 2.24) is 0 Å². The van der Waals surface area contributed by atoms with Gasteiger partial charge in [0, 0.05) is 6.07 Å². The summed E-state index contributed by atoms with van der Waals surface area (Å²) in [6, 6.07) is 1.34. The highest BCUT2D eigenvalue weighted by Gasteiger charge is 2.15. The molecule has 1 aromatic heterocycles. The predicted molar refractivity (Wildman–Crippen MR) is 28.5 cm³/mol. The first kappa shape index (κ1) is 6.32. The van der Waals surface area contributed by atoms with Gasteiger partial charge in [-0.2, -0.15) is 4.39 Å². The van der Waals surface area contributed by atoms with Crippen molar-refractivity contribution in [3.05, 3.63) is 18.1 Å². The summed E-state index contributed by atoms with van der Waals surface area (Å²) in [6.45, 7) is 0. The molecule has 3 nitrogen and oxygen atoms in total. The molecule has 0 bridgehead atoms. The zero-order chi connectivity index (χ0) is 6.85. The second-order valence-electron chi connectivity index (χ2n) is 1.52. The SMILES string of the molecule is OB(O)c1ccc(F)o1. The second kappa shape index (κ2) is 2.20. The highest BCUT2D eigenvalue weighted by Crippen LogP contribution is 1.93. The van der Waals surface area contributed by atoms with E-state index >= 15 is 0 Å². The Morgan fingerprint density at radius 1 is 1.44 bits per heavy atom. The summed E-state index contributed by atoms with van der Waals surface area (Å²) in [7, 11) is -1.73. The van der Waals surface area contributed by atoms with Gasteiger partial charge < -0.3 is 14.5 Å². The quantitative estimate of drug-likeness (QED) is 0.484. The van der Waals surface area contributed by atoms with Crippen molar-refractivity contribution in [2.75, 3.05) is 0 Å². The molecular formula is C4H4BFO3. The summed E-state index contributed by atoms with van der Waals surface area (Å²) >= 11 is 0. The van der Waals surface area contributed by atoms with E-state index in [0.29, 0.717) is 0 Å². The topological polar surface area (TPSA) is 53.6 Å². The molecular weight excluding hydrogens is 126 g/mol. The maximum Gasteiger partial charge on any atom is 0.526 e. The van der Waals surface area contributed by atoms with Crippen LogP contribution in [-0.2, 0) is 0 Å². The summed E-state index contributed by atoms with van der Waals surface area (Å²) in [5.74, 6) is 0. The lowest BCUT2D eigenvalue weighted by Gasteiger charge is -1.87. The minimum atomic E-state index is -1.73. The Morgan fingerprint density at radius 2 is 2.11 bits per heavy atom. The first-order chi connectivity index (χ1) is 4.20. The minimum Gasteiger partial charge on any atom is -0.440 e. The van der Waals surface area contributed by atoms with Crippen LogP contribution >= 0.6 is 0 Å². The second-order valence-corrected chi connectivity index (χ2v) is 1.52. The van der Waals surface area contributed by atoms with Gasteiger partial charge in [0.25, 0.3) is 6.01 Å². The highest BCUT2D eigenvalue weighted by molar-refractivity contribution is 6.56. The summed E-state index contributed by atoms with van der Waals surface area (Å²) in [4.78, 5) is 0. The fourth-order valence-electron chi connectivity index (χ4n) is 0.467. The van der Waals surface area contributed by atoms with Crippen LogP contribution in [0, 0.1) is 6.01 Å². The molecule has 9 heavy (non-hydrogen) atoms. The number of rotatable bonds is 1. The van der Waals surface area contributed by atoms with Crippen LogP contribution in [0.15, 0.2) is 16.5 Å². The lowest BCUT2D eigenvalue weighted by Crippen LogP contribution is -2.27. The van der Waals surface area contributed by atoms with Crippen molar-refractivity contribution in [2.45, 2.75) is 0 Å². The van der Waals surface area contributed by atoms with Crippen LogP contribution in [0.5, 0.6) is 0 Å². The molecule has 1 aromatic rings. The molecule has 0 fully saturated rings. The van der Waals surface area contributed by atoms with E-state index in [-0.39, 0.29) is 5.66 Å². The number of hydrogen-bond acceptors (Lipinski definition) is 3. The van der Waals surface area contributed by atoms with Crippen LogP contribution < -0.4 is 5.66 Å². The molecule has 0 radical (unpaired) electrons. The van der Waals surface area contributed by atoms with Crippen LogP contribution in [0.1, 0.15) is 0 Å². The van der Waals surface area contributed by atoms with Crippen LogP contribution in [0.4, 0.5) is 4.39 Å². The van der Waals surface area contributed by atoms with Gasteiger partial charge in [0.1, 0.15) is 5.66 Å². The van der Waals surface area contributed by atoms with Gasteiger partial charge in [-0.05, 0) is 6.07 Å². The molecule has 5 heteroatoms. The fraction of sp³-hybridized carbons (Fsp3) is 0. The van der Waals surface area contributed by atoms with E-state index in [1.807, 2.05) is 0 Å². The van der Waals surface area contributed by atoms with E-state index in [4.69, 9.17) is 10.0 Å². The molecule has 0 aromatic carbocycles. The summed E-state index contributed by atoms with van der Waals surface area (Å²) < 4.78 is 16.1. The molecule has 0 unspecified atom stereocenters. The van der Waals surface area contributed by atoms with Gasteiger partial charge in [-0.1, -0.05) is 0 Å². The Hall–Kier alpha value is -0.805. The van der Waals surface area contributed by atoms with Gasteiger partial charge in [-0.3, -0.25) is 0 Å². The van der Waals surface area contributed by atoms with E-state index < -0.39 is 13.1 Å². The third-order valence-corrected chi connectivity index (χ3v) is 0.848. The van der Waals surface area contributed by atoms with Crippen molar-refractivity contribution < 1.29 is 18.9 Å². The monoisotopic (exact) mass is 130 g/mol. The molecule has 0 saturated heterocycles. The van der Waals surface area contributed by atoms with Crippen LogP contribution in [-0.4, -0.2) is 17.2 Å². The van der Waals surface area contributed by atoms with Crippen molar-refractivity contribution in [3.8, 4) is 0 Å². The van der Waals surface area contributed by atoms with Crippen LogP contribution in [0.25, 0.3) is 0 Å². The minimum absolute atomic E-state index is 0.187. The lowest BCUT2D eigenvalue weighted by atomic mass is 9.88. The van der Waals surface area contributed by atoms with E-state index in [2.05, 4.69) is 4.42 Å². The van der Waals surface area contributed by atoms with Gasteiger partial charge in [0.15, 0.2) is 0 Å². The van der Waals surface area contributed by atoms with Gasteiger partial charge in [-0.15, -0.1) is 0 Å². The first-order valence-electron chi connectivity index (χ1n) is 2.31. The van der Waals surface area contributed by atoms with Crippen molar-refractivity contribution >= 4 is 12.8 Å². The molecule has 0 aliphatic rings. The Balaban J connectivity index is 2.85. The van der Waals surface area contributed by atoms with Gasteiger partial charge in [0.2, 0.25) is 0 Å². The Bertz CT molecular complexity index is 197. The zero-order valence-electron chi connectivity index (χ0n) is 4.41.